The van der Waals surface area contributed by atoms with Crippen LogP contribution < -0.4 is 10.6 Å². The number of aromatic nitrogens is 1. The molecule has 5 nitrogen and oxygen atoms in total. The second kappa shape index (κ2) is 7.04. The molecule has 6 heteroatoms. The molecule has 1 aromatic rings. The average molecular weight is 281 g/mol. The molecule has 1 heterocycles. The summed E-state index contributed by atoms with van der Waals surface area (Å²) in [6.45, 7) is 6.25. The van der Waals surface area contributed by atoms with E-state index in [4.69, 9.17) is 22.7 Å². The summed E-state index contributed by atoms with van der Waals surface area (Å²) in [7, 11) is 0. The smallest absolute Gasteiger partial charge is 0.325 e. The standard InChI is InChI=1S/C13H19N3O2S/c1-4-18-12(17)8-16(9(2)3)11-7-15-6-5-10(11)13(14)19/h5-7,9H,4,8H2,1-3H3,(H2,14,19). The van der Waals surface area contributed by atoms with E-state index in [1.54, 1.807) is 25.4 Å². The Hall–Kier alpha value is -1.69. The van der Waals surface area contributed by atoms with Gasteiger partial charge in [-0.25, -0.2) is 0 Å². The summed E-state index contributed by atoms with van der Waals surface area (Å²) < 4.78 is 4.98. The number of ether oxygens (including phenoxy) is 1. The van der Waals surface area contributed by atoms with Gasteiger partial charge in [0.15, 0.2) is 0 Å². The van der Waals surface area contributed by atoms with E-state index in [1.165, 1.54) is 0 Å². The van der Waals surface area contributed by atoms with Crippen molar-refractivity contribution in [3.05, 3.63) is 24.0 Å². The topological polar surface area (TPSA) is 68.5 Å². The molecular weight excluding hydrogens is 262 g/mol. The number of rotatable bonds is 6. The Morgan fingerprint density at radius 2 is 2.26 bits per heavy atom. The second-order valence-corrected chi connectivity index (χ2v) is 4.72. The number of hydrogen-bond donors (Lipinski definition) is 1. The zero-order chi connectivity index (χ0) is 14.4. The first-order valence-electron chi connectivity index (χ1n) is 6.13. The molecule has 0 spiro atoms. The van der Waals surface area contributed by atoms with E-state index in [1.807, 2.05) is 18.7 Å². The molecule has 19 heavy (non-hydrogen) atoms. The van der Waals surface area contributed by atoms with Gasteiger partial charge in [-0.3, -0.25) is 9.78 Å². The first kappa shape index (κ1) is 15.4. The van der Waals surface area contributed by atoms with Crippen LogP contribution in [-0.4, -0.2) is 35.1 Å². The SMILES string of the molecule is CCOC(=O)CN(c1cnccc1C(N)=S)C(C)C. The quantitative estimate of drug-likeness (QED) is 0.629. The van der Waals surface area contributed by atoms with Crippen LogP contribution in [0.5, 0.6) is 0 Å². The maximum absolute atomic E-state index is 11.7. The van der Waals surface area contributed by atoms with Crippen molar-refractivity contribution >= 4 is 28.9 Å². The summed E-state index contributed by atoms with van der Waals surface area (Å²) in [5.41, 5.74) is 7.16. The van der Waals surface area contributed by atoms with Gasteiger partial charge in [-0.15, -0.1) is 0 Å². The largest absolute Gasteiger partial charge is 0.465 e. The van der Waals surface area contributed by atoms with Gasteiger partial charge < -0.3 is 15.4 Å². The highest BCUT2D eigenvalue weighted by Gasteiger charge is 2.19. The third-order valence-corrected chi connectivity index (χ3v) is 2.82. The van der Waals surface area contributed by atoms with Gasteiger partial charge in [0, 0.05) is 17.8 Å². The minimum absolute atomic E-state index is 0.0988. The van der Waals surface area contributed by atoms with Crippen molar-refractivity contribution < 1.29 is 9.53 Å². The summed E-state index contributed by atoms with van der Waals surface area (Å²) in [6.07, 6.45) is 3.29. The first-order chi connectivity index (χ1) is 8.97. The molecular formula is C13H19N3O2S. The monoisotopic (exact) mass is 281 g/mol. The Morgan fingerprint density at radius 3 is 2.79 bits per heavy atom. The van der Waals surface area contributed by atoms with Crippen molar-refractivity contribution in [1.29, 1.82) is 0 Å². The van der Waals surface area contributed by atoms with Crippen molar-refractivity contribution in [2.24, 2.45) is 5.73 Å². The third kappa shape index (κ3) is 4.17. The van der Waals surface area contributed by atoms with Crippen LogP contribution in [0.25, 0.3) is 0 Å². The Balaban J connectivity index is 3.06. The van der Waals surface area contributed by atoms with E-state index in [-0.39, 0.29) is 23.5 Å². The molecule has 0 atom stereocenters. The van der Waals surface area contributed by atoms with Crippen LogP contribution in [0.1, 0.15) is 26.3 Å². The number of esters is 1. The average Bonchev–Trinajstić information content (AvgIpc) is 2.36. The summed E-state index contributed by atoms with van der Waals surface area (Å²) in [5.74, 6) is -0.283. The molecule has 0 aliphatic rings. The third-order valence-electron chi connectivity index (χ3n) is 2.60. The lowest BCUT2D eigenvalue weighted by molar-refractivity contribution is -0.141. The minimum Gasteiger partial charge on any atom is -0.465 e. The van der Waals surface area contributed by atoms with Crippen LogP contribution >= 0.6 is 12.2 Å². The van der Waals surface area contributed by atoms with E-state index >= 15 is 0 Å². The molecule has 0 radical (unpaired) electrons. The van der Waals surface area contributed by atoms with E-state index in [9.17, 15) is 4.79 Å². The Bertz CT molecular complexity index is 463. The minimum atomic E-state index is -0.283. The predicted molar refractivity (Wildman–Crippen MR) is 79.2 cm³/mol. The zero-order valence-electron chi connectivity index (χ0n) is 11.4. The zero-order valence-corrected chi connectivity index (χ0v) is 12.2. The highest BCUT2D eigenvalue weighted by molar-refractivity contribution is 7.80. The summed E-state index contributed by atoms with van der Waals surface area (Å²) >= 11 is 5.03. The number of pyridine rings is 1. The molecule has 2 N–H and O–H groups in total. The maximum Gasteiger partial charge on any atom is 0.325 e. The van der Waals surface area contributed by atoms with Crippen molar-refractivity contribution in [2.75, 3.05) is 18.1 Å². The van der Waals surface area contributed by atoms with Crippen LogP contribution in [-0.2, 0) is 9.53 Å². The van der Waals surface area contributed by atoms with Gasteiger partial charge in [-0.05, 0) is 26.8 Å². The molecule has 0 bridgehead atoms. The summed E-state index contributed by atoms with van der Waals surface area (Å²) in [4.78, 5) is 17.9. The van der Waals surface area contributed by atoms with Gasteiger partial charge >= 0.3 is 5.97 Å². The van der Waals surface area contributed by atoms with Crippen LogP contribution in [0.4, 0.5) is 5.69 Å². The normalized spacial score (nSPS) is 10.3. The fourth-order valence-corrected chi connectivity index (χ4v) is 1.89. The fourth-order valence-electron chi connectivity index (χ4n) is 1.71. The lowest BCUT2D eigenvalue weighted by Crippen LogP contribution is -2.38. The van der Waals surface area contributed by atoms with E-state index in [0.29, 0.717) is 12.2 Å². The Kier molecular flexibility index (Phi) is 5.69. The van der Waals surface area contributed by atoms with Crippen molar-refractivity contribution in [3.8, 4) is 0 Å². The molecule has 0 saturated carbocycles. The Morgan fingerprint density at radius 1 is 1.58 bits per heavy atom. The number of nitrogens with two attached hydrogens (primary N) is 1. The van der Waals surface area contributed by atoms with E-state index in [2.05, 4.69) is 4.98 Å². The Labute approximate surface area is 118 Å². The first-order valence-corrected chi connectivity index (χ1v) is 6.54. The van der Waals surface area contributed by atoms with Gasteiger partial charge in [0.2, 0.25) is 0 Å². The van der Waals surface area contributed by atoms with Gasteiger partial charge in [-0.2, -0.15) is 0 Å². The molecule has 0 aliphatic carbocycles. The number of anilines is 1. The highest BCUT2D eigenvalue weighted by atomic mass is 32.1. The molecule has 1 rings (SSSR count). The number of thiocarbonyl (C=S) groups is 1. The molecule has 0 saturated heterocycles. The number of hydrogen-bond acceptors (Lipinski definition) is 5. The molecule has 1 aromatic heterocycles. The molecule has 0 amide bonds. The van der Waals surface area contributed by atoms with Crippen molar-refractivity contribution in [1.82, 2.24) is 4.98 Å². The molecule has 0 aromatic carbocycles. The van der Waals surface area contributed by atoms with Gasteiger partial charge in [0.05, 0.1) is 18.5 Å². The van der Waals surface area contributed by atoms with Crippen molar-refractivity contribution in [2.45, 2.75) is 26.8 Å². The van der Waals surface area contributed by atoms with E-state index in [0.717, 1.165) is 5.69 Å². The molecule has 0 unspecified atom stereocenters. The van der Waals surface area contributed by atoms with Gasteiger partial charge in [0.25, 0.3) is 0 Å². The number of nitrogens with zero attached hydrogens (tertiary/aromatic N) is 2. The van der Waals surface area contributed by atoms with Crippen LogP contribution in [0.2, 0.25) is 0 Å². The maximum atomic E-state index is 11.7. The lowest BCUT2D eigenvalue weighted by atomic mass is 10.1. The van der Waals surface area contributed by atoms with Crippen LogP contribution in [0.3, 0.4) is 0 Å². The van der Waals surface area contributed by atoms with E-state index < -0.39 is 0 Å². The number of carbonyl (C=O) groups excluding carboxylic acids is 1. The van der Waals surface area contributed by atoms with Crippen LogP contribution in [0.15, 0.2) is 18.5 Å². The summed E-state index contributed by atoms with van der Waals surface area (Å²) in [6, 6.07) is 1.85. The van der Waals surface area contributed by atoms with Crippen molar-refractivity contribution in [3.63, 3.8) is 0 Å². The number of carbonyl (C=O) groups is 1. The second-order valence-electron chi connectivity index (χ2n) is 4.28. The summed E-state index contributed by atoms with van der Waals surface area (Å²) in [5, 5.41) is 0. The molecule has 0 fully saturated rings. The van der Waals surface area contributed by atoms with Crippen LogP contribution in [0, 0.1) is 0 Å². The molecule has 104 valence electrons. The fraction of sp³-hybridized carbons (Fsp3) is 0.462. The highest BCUT2D eigenvalue weighted by Crippen LogP contribution is 2.21. The lowest BCUT2D eigenvalue weighted by Gasteiger charge is -2.29. The predicted octanol–water partition coefficient (Wildman–Crippen LogP) is 1.49. The van der Waals surface area contributed by atoms with Gasteiger partial charge in [-0.1, -0.05) is 12.2 Å². The van der Waals surface area contributed by atoms with Gasteiger partial charge in [0.1, 0.15) is 11.5 Å². The molecule has 0 aliphatic heterocycles.